The molecule has 8 nitrogen and oxygen atoms in total. The third-order valence-corrected chi connectivity index (χ3v) is 4.25. The highest BCUT2D eigenvalue weighted by atomic mass is 35.5. The van der Waals surface area contributed by atoms with E-state index >= 15 is 0 Å². The Balaban J connectivity index is 2.07. The van der Waals surface area contributed by atoms with Crippen LogP contribution in [0, 0.1) is 0 Å². The molecule has 28 heavy (non-hydrogen) atoms. The molecule has 0 atom stereocenters. The minimum absolute atomic E-state index is 0.0506. The Labute approximate surface area is 166 Å². The first-order valence-electron chi connectivity index (χ1n) is 8.21. The maximum Gasteiger partial charge on any atom is 0.358 e. The van der Waals surface area contributed by atoms with Crippen molar-refractivity contribution in [2.75, 3.05) is 26.6 Å². The maximum atomic E-state index is 12.2. The van der Waals surface area contributed by atoms with E-state index < -0.39 is 5.97 Å². The molecule has 1 N–H and O–H groups in total. The molecule has 0 saturated heterocycles. The van der Waals surface area contributed by atoms with Gasteiger partial charge < -0.3 is 23.9 Å². The van der Waals surface area contributed by atoms with Crippen LogP contribution < -0.4 is 14.8 Å². The molecule has 0 aliphatic carbocycles. The number of rotatable bonds is 7. The summed E-state index contributed by atoms with van der Waals surface area (Å²) in [6, 6.07) is 8.74. The van der Waals surface area contributed by atoms with Crippen molar-refractivity contribution in [3.63, 3.8) is 0 Å². The predicted molar refractivity (Wildman–Crippen MR) is 103 cm³/mol. The molecule has 0 saturated carbocycles. The van der Waals surface area contributed by atoms with Gasteiger partial charge in [0, 0.05) is 6.07 Å². The molecule has 3 aromatic rings. The third-order valence-electron chi connectivity index (χ3n) is 3.89. The van der Waals surface area contributed by atoms with Crippen LogP contribution in [0.5, 0.6) is 11.5 Å². The van der Waals surface area contributed by atoms with E-state index in [0.29, 0.717) is 29.4 Å². The largest absolute Gasteiger partial charge is 0.497 e. The van der Waals surface area contributed by atoms with Crippen molar-refractivity contribution in [1.29, 1.82) is 0 Å². The number of esters is 1. The zero-order chi connectivity index (χ0) is 20.1. The van der Waals surface area contributed by atoms with E-state index in [0.717, 1.165) is 0 Å². The first kappa shape index (κ1) is 19.5. The Morgan fingerprint density at radius 2 is 2.00 bits per heavy atom. The second-order valence-electron chi connectivity index (χ2n) is 5.55. The van der Waals surface area contributed by atoms with Gasteiger partial charge in [-0.15, -0.1) is 0 Å². The van der Waals surface area contributed by atoms with Crippen LogP contribution in [0.25, 0.3) is 11.4 Å². The van der Waals surface area contributed by atoms with E-state index in [9.17, 15) is 4.79 Å². The number of aromatic nitrogens is 2. The van der Waals surface area contributed by atoms with Crippen molar-refractivity contribution in [3.05, 3.63) is 53.1 Å². The number of nitrogens with one attached hydrogen (secondary N) is 1. The molecule has 0 fully saturated rings. The van der Waals surface area contributed by atoms with Crippen molar-refractivity contribution in [3.8, 4) is 22.9 Å². The average molecular weight is 404 g/mol. The van der Waals surface area contributed by atoms with Crippen LogP contribution in [0.2, 0.25) is 5.02 Å². The second-order valence-corrected chi connectivity index (χ2v) is 5.93. The zero-order valence-corrected chi connectivity index (χ0v) is 16.2. The van der Waals surface area contributed by atoms with E-state index in [1.54, 1.807) is 43.7 Å². The Kier molecular flexibility index (Phi) is 6.00. The van der Waals surface area contributed by atoms with Gasteiger partial charge in [0.05, 0.1) is 39.7 Å². The van der Waals surface area contributed by atoms with Crippen LogP contribution in [0.15, 0.2) is 41.0 Å². The topological polar surface area (TPSA) is 95.7 Å². The van der Waals surface area contributed by atoms with E-state index in [4.69, 9.17) is 30.2 Å². The van der Waals surface area contributed by atoms with Gasteiger partial charge in [-0.05, 0) is 24.3 Å². The number of carbonyl (C=O) groups excluding carboxylic acids is 1. The summed E-state index contributed by atoms with van der Waals surface area (Å²) in [5.41, 5.74) is 0.500. The molecular weight excluding hydrogens is 386 g/mol. The molecular formula is C19H18ClN3O5. The molecule has 146 valence electrons. The Morgan fingerprint density at radius 3 is 2.64 bits per heavy atom. The molecule has 2 aromatic heterocycles. The predicted octanol–water partition coefficient (Wildman–Crippen LogP) is 3.81. The van der Waals surface area contributed by atoms with Gasteiger partial charge in [0.25, 0.3) is 0 Å². The number of benzene rings is 1. The summed E-state index contributed by atoms with van der Waals surface area (Å²) in [7, 11) is 4.33. The number of carbonyl (C=O) groups is 1. The van der Waals surface area contributed by atoms with Gasteiger partial charge in [-0.3, -0.25) is 0 Å². The van der Waals surface area contributed by atoms with Gasteiger partial charge in [-0.1, -0.05) is 11.6 Å². The summed E-state index contributed by atoms with van der Waals surface area (Å²) in [5, 5.41) is 3.11. The Hall–Kier alpha value is -3.26. The highest BCUT2D eigenvalue weighted by Crippen LogP contribution is 2.34. The number of anilines is 1. The molecule has 9 heteroatoms. The molecule has 0 radical (unpaired) electrons. The number of ether oxygens (including phenoxy) is 3. The minimum atomic E-state index is -0.679. The fourth-order valence-corrected chi connectivity index (χ4v) is 2.71. The molecule has 1 aromatic carbocycles. The highest BCUT2D eigenvalue weighted by Gasteiger charge is 2.22. The lowest BCUT2D eigenvalue weighted by Gasteiger charge is -2.13. The third kappa shape index (κ3) is 4.01. The molecule has 3 rings (SSSR count). The van der Waals surface area contributed by atoms with Gasteiger partial charge in [0.1, 0.15) is 28.1 Å². The van der Waals surface area contributed by atoms with Crippen LogP contribution in [0.4, 0.5) is 5.82 Å². The van der Waals surface area contributed by atoms with E-state index in [2.05, 4.69) is 15.3 Å². The number of nitrogens with zero attached hydrogens (tertiary/aromatic N) is 2. The van der Waals surface area contributed by atoms with E-state index in [1.165, 1.54) is 14.2 Å². The second kappa shape index (κ2) is 8.62. The van der Waals surface area contributed by atoms with Crippen molar-refractivity contribution in [2.45, 2.75) is 6.54 Å². The number of hydrogen-bond acceptors (Lipinski definition) is 8. The summed E-state index contributed by atoms with van der Waals surface area (Å²) < 4.78 is 20.7. The van der Waals surface area contributed by atoms with Gasteiger partial charge in [0.15, 0.2) is 11.5 Å². The van der Waals surface area contributed by atoms with Crippen molar-refractivity contribution < 1.29 is 23.4 Å². The monoisotopic (exact) mass is 403 g/mol. The number of halogens is 1. The SMILES string of the molecule is COC(=O)c1nc(-c2ccc(OC)cc2OC)nc(NCc2ccco2)c1Cl. The number of methoxy groups -OCH3 is 3. The first-order valence-corrected chi connectivity index (χ1v) is 8.59. The molecule has 0 aliphatic heterocycles. The Morgan fingerprint density at radius 1 is 1.18 bits per heavy atom. The van der Waals surface area contributed by atoms with Crippen LogP contribution in [-0.2, 0) is 11.3 Å². The summed E-state index contributed by atoms with van der Waals surface area (Å²) >= 11 is 6.33. The molecule has 0 bridgehead atoms. The summed E-state index contributed by atoms with van der Waals surface area (Å²) in [6.45, 7) is 0.323. The minimum Gasteiger partial charge on any atom is -0.497 e. The zero-order valence-electron chi connectivity index (χ0n) is 15.5. The van der Waals surface area contributed by atoms with E-state index in [1.807, 2.05) is 0 Å². The molecule has 0 spiro atoms. The van der Waals surface area contributed by atoms with E-state index in [-0.39, 0.29) is 22.4 Å². The van der Waals surface area contributed by atoms with Gasteiger partial charge in [-0.25, -0.2) is 14.8 Å². The van der Waals surface area contributed by atoms with Crippen LogP contribution in [0.3, 0.4) is 0 Å². The molecule has 2 heterocycles. The van der Waals surface area contributed by atoms with Crippen LogP contribution in [0.1, 0.15) is 16.2 Å². The van der Waals surface area contributed by atoms with Crippen LogP contribution in [-0.4, -0.2) is 37.3 Å². The smallest absolute Gasteiger partial charge is 0.358 e. The standard InChI is InChI=1S/C19H18ClN3O5/c1-25-11-6-7-13(14(9-11)26-2)17-22-16(19(24)27-3)15(20)18(23-17)21-10-12-5-4-8-28-12/h4-9H,10H2,1-3H3,(H,21,22,23). The van der Waals surface area contributed by atoms with Gasteiger partial charge in [-0.2, -0.15) is 0 Å². The Bertz CT molecular complexity index is 976. The highest BCUT2D eigenvalue weighted by molar-refractivity contribution is 6.35. The molecule has 0 amide bonds. The number of furan rings is 1. The summed E-state index contributed by atoms with van der Waals surface area (Å²) in [5.74, 6) is 1.60. The quantitative estimate of drug-likeness (QED) is 0.595. The lowest BCUT2D eigenvalue weighted by atomic mass is 10.1. The maximum absolute atomic E-state index is 12.2. The molecule has 0 unspecified atom stereocenters. The normalized spacial score (nSPS) is 10.4. The fourth-order valence-electron chi connectivity index (χ4n) is 2.48. The van der Waals surface area contributed by atoms with Crippen molar-refractivity contribution in [2.24, 2.45) is 0 Å². The number of hydrogen-bond donors (Lipinski definition) is 1. The van der Waals surface area contributed by atoms with Gasteiger partial charge in [0.2, 0.25) is 0 Å². The lowest BCUT2D eigenvalue weighted by molar-refractivity contribution is 0.0594. The molecule has 0 aliphatic rings. The van der Waals surface area contributed by atoms with Crippen molar-refractivity contribution in [1.82, 2.24) is 9.97 Å². The fraction of sp³-hybridized carbons (Fsp3) is 0.211. The average Bonchev–Trinajstić information content (AvgIpc) is 3.25. The first-order chi connectivity index (χ1) is 13.6. The summed E-state index contributed by atoms with van der Waals surface area (Å²) in [4.78, 5) is 20.9. The summed E-state index contributed by atoms with van der Waals surface area (Å²) in [6.07, 6.45) is 1.56. The van der Waals surface area contributed by atoms with Gasteiger partial charge >= 0.3 is 5.97 Å². The lowest BCUT2D eigenvalue weighted by Crippen LogP contribution is -2.11. The van der Waals surface area contributed by atoms with Crippen molar-refractivity contribution >= 4 is 23.4 Å². The van der Waals surface area contributed by atoms with Crippen LogP contribution >= 0.6 is 11.6 Å².